The molecule has 0 aromatic carbocycles. The van der Waals surface area contributed by atoms with Gasteiger partial charge >= 0.3 is 5.97 Å². The van der Waals surface area contributed by atoms with Gasteiger partial charge in [-0.05, 0) is 44.9 Å². The average Bonchev–Trinajstić information content (AvgIpc) is 2.83. The standard InChI is InChI=1S/C32H56O2/c1-2-3-4-5-6-7-8-9-10-11-12-13-14-15-16-17-18-19-20-21-22-23-24-25-26-27-28-29-30-31-32(33)34/h3-4,6-7,9-10,12-13H,2,5,8,11,14-31H2,1H3,(H,33,34)/b4-3-,7-6-,10-9-,13-12-. The number of carboxylic acid groups (broad SMARTS) is 1. The lowest BCUT2D eigenvalue weighted by atomic mass is 10.0. The number of allylic oxidation sites excluding steroid dienone is 8. The summed E-state index contributed by atoms with van der Waals surface area (Å²) in [5.41, 5.74) is 0. The molecule has 0 atom stereocenters. The highest BCUT2D eigenvalue weighted by Crippen LogP contribution is 2.14. The van der Waals surface area contributed by atoms with E-state index >= 15 is 0 Å². The molecule has 0 aromatic heterocycles. The van der Waals surface area contributed by atoms with Gasteiger partial charge in [-0.1, -0.05) is 145 Å². The van der Waals surface area contributed by atoms with E-state index in [0.29, 0.717) is 6.42 Å². The van der Waals surface area contributed by atoms with Gasteiger partial charge in [0.15, 0.2) is 0 Å². The van der Waals surface area contributed by atoms with E-state index < -0.39 is 5.97 Å². The van der Waals surface area contributed by atoms with Crippen molar-refractivity contribution >= 4 is 5.97 Å². The molecular formula is C32H56O2. The van der Waals surface area contributed by atoms with E-state index in [4.69, 9.17) is 5.11 Å². The highest BCUT2D eigenvalue weighted by molar-refractivity contribution is 5.66. The summed E-state index contributed by atoms with van der Waals surface area (Å²) in [5.74, 6) is -0.655. The van der Waals surface area contributed by atoms with Gasteiger partial charge < -0.3 is 5.11 Å². The summed E-state index contributed by atoms with van der Waals surface area (Å²) >= 11 is 0. The van der Waals surface area contributed by atoms with Crippen LogP contribution < -0.4 is 0 Å². The zero-order chi connectivity index (χ0) is 24.8. The summed E-state index contributed by atoms with van der Waals surface area (Å²) in [4.78, 5) is 10.4. The van der Waals surface area contributed by atoms with Crippen LogP contribution in [-0.4, -0.2) is 11.1 Å². The minimum absolute atomic E-state index is 0.339. The molecule has 0 radical (unpaired) electrons. The molecule has 2 nitrogen and oxygen atoms in total. The molecule has 1 N–H and O–H groups in total. The molecule has 0 spiro atoms. The smallest absolute Gasteiger partial charge is 0.303 e. The van der Waals surface area contributed by atoms with Crippen LogP contribution in [0.15, 0.2) is 48.6 Å². The lowest BCUT2D eigenvalue weighted by molar-refractivity contribution is -0.137. The van der Waals surface area contributed by atoms with Crippen molar-refractivity contribution in [3.8, 4) is 0 Å². The first-order valence-corrected chi connectivity index (χ1v) is 14.6. The fourth-order valence-corrected chi connectivity index (χ4v) is 4.11. The highest BCUT2D eigenvalue weighted by atomic mass is 16.4. The van der Waals surface area contributed by atoms with Crippen LogP contribution in [-0.2, 0) is 4.79 Å². The van der Waals surface area contributed by atoms with Crippen molar-refractivity contribution in [1.82, 2.24) is 0 Å². The Kier molecular flexibility index (Phi) is 28.1. The Morgan fingerprint density at radius 1 is 0.471 bits per heavy atom. The predicted molar refractivity (Wildman–Crippen MR) is 151 cm³/mol. The van der Waals surface area contributed by atoms with E-state index in [-0.39, 0.29) is 0 Å². The Bertz CT molecular complexity index is 527. The Morgan fingerprint density at radius 3 is 1.18 bits per heavy atom. The van der Waals surface area contributed by atoms with Crippen molar-refractivity contribution in [2.24, 2.45) is 0 Å². The molecule has 0 unspecified atom stereocenters. The summed E-state index contributed by atoms with van der Waals surface area (Å²) in [6.45, 7) is 2.17. The van der Waals surface area contributed by atoms with Gasteiger partial charge in [-0.2, -0.15) is 0 Å². The van der Waals surface area contributed by atoms with Crippen LogP contribution in [0, 0.1) is 0 Å². The number of hydrogen-bond acceptors (Lipinski definition) is 1. The first-order chi connectivity index (χ1) is 16.8. The second kappa shape index (κ2) is 29.5. The number of carboxylic acids is 1. The quantitative estimate of drug-likeness (QED) is 0.100. The molecule has 0 amide bonds. The van der Waals surface area contributed by atoms with Gasteiger partial charge in [0.1, 0.15) is 0 Å². The number of aliphatic carboxylic acids is 1. The largest absolute Gasteiger partial charge is 0.481 e. The van der Waals surface area contributed by atoms with E-state index in [1.165, 1.54) is 96.3 Å². The van der Waals surface area contributed by atoms with Gasteiger partial charge in [-0.15, -0.1) is 0 Å². The molecule has 0 saturated carbocycles. The van der Waals surface area contributed by atoms with Gasteiger partial charge in [0.25, 0.3) is 0 Å². The Hall–Kier alpha value is -1.57. The van der Waals surface area contributed by atoms with Gasteiger partial charge in [-0.25, -0.2) is 0 Å². The van der Waals surface area contributed by atoms with E-state index in [0.717, 1.165) is 38.5 Å². The van der Waals surface area contributed by atoms with Crippen LogP contribution in [0.2, 0.25) is 0 Å². The SMILES string of the molecule is CC/C=C\C/C=C\C/C=C\C/C=C\CCCCCCCCCCCCCCCCCCC(=O)O. The lowest BCUT2D eigenvalue weighted by Gasteiger charge is -2.03. The lowest BCUT2D eigenvalue weighted by Crippen LogP contribution is -1.93. The third kappa shape index (κ3) is 30.4. The zero-order valence-electron chi connectivity index (χ0n) is 22.5. The van der Waals surface area contributed by atoms with Crippen LogP contribution in [0.3, 0.4) is 0 Å². The van der Waals surface area contributed by atoms with Crippen molar-refractivity contribution in [3.05, 3.63) is 48.6 Å². The average molecular weight is 473 g/mol. The van der Waals surface area contributed by atoms with Crippen molar-refractivity contribution in [1.29, 1.82) is 0 Å². The summed E-state index contributed by atoms with van der Waals surface area (Å²) < 4.78 is 0. The van der Waals surface area contributed by atoms with Crippen LogP contribution >= 0.6 is 0 Å². The summed E-state index contributed by atoms with van der Waals surface area (Å²) in [7, 11) is 0. The maximum Gasteiger partial charge on any atom is 0.303 e. The summed E-state index contributed by atoms with van der Waals surface area (Å²) in [6, 6.07) is 0. The fraction of sp³-hybridized carbons (Fsp3) is 0.719. The molecule has 2 heteroatoms. The molecule has 0 rings (SSSR count). The first kappa shape index (κ1) is 32.4. The minimum atomic E-state index is -0.655. The summed E-state index contributed by atoms with van der Waals surface area (Å²) in [6.07, 6.45) is 45.1. The molecule has 0 aliphatic carbocycles. The fourth-order valence-electron chi connectivity index (χ4n) is 4.11. The van der Waals surface area contributed by atoms with Crippen LogP contribution in [0.25, 0.3) is 0 Å². The maximum atomic E-state index is 10.4. The Balaban J connectivity index is 3.19. The van der Waals surface area contributed by atoms with Gasteiger partial charge in [0.2, 0.25) is 0 Å². The number of unbranched alkanes of at least 4 members (excludes halogenated alkanes) is 16. The topological polar surface area (TPSA) is 37.3 Å². The zero-order valence-corrected chi connectivity index (χ0v) is 22.5. The third-order valence-electron chi connectivity index (χ3n) is 6.23. The van der Waals surface area contributed by atoms with Gasteiger partial charge in [-0.3, -0.25) is 4.79 Å². The van der Waals surface area contributed by atoms with Gasteiger partial charge in [0.05, 0.1) is 0 Å². The molecule has 0 heterocycles. The van der Waals surface area contributed by atoms with Crippen LogP contribution in [0.5, 0.6) is 0 Å². The Labute approximate surface area is 212 Å². The Morgan fingerprint density at radius 2 is 0.794 bits per heavy atom. The van der Waals surface area contributed by atoms with E-state index in [9.17, 15) is 4.79 Å². The molecule has 34 heavy (non-hydrogen) atoms. The molecule has 0 fully saturated rings. The molecule has 0 bridgehead atoms. The molecule has 0 aliphatic heterocycles. The second-order valence-corrected chi connectivity index (χ2v) is 9.59. The second-order valence-electron chi connectivity index (χ2n) is 9.59. The van der Waals surface area contributed by atoms with E-state index in [1.54, 1.807) is 0 Å². The van der Waals surface area contributed by atoms with Crippen molar-refractivity contribution < 1.29 is 9.90 Å². The normalized spacial score (nSPS) is 12.3. The van der Waals surface area contributed by atoms with E-state index in [1.807, 2.05) is 0 Å². The van der Waals surface area contributed by atoms with Crippen LogP contribution in [0.1, 0.15) is 148 Å². The first-order valence-electron chi connectivity index (χ1n) is 14.6. The maximum absolute atomic E-state index is 10.4. The molecule has 0 aliphatic rings. The van der Waals surface area contributed by atoms with Crippen molar-refractivity contribution in [2.75, 3.05) is 0 Å². The minimum Gasteiger partial charge on any atom is -0.481 e. The highest BCUT2D eigenvalue weighted by Gasteiger charge is 1.97. The predicted octanol–water partition coefficient (Wildman–Crippen LogP) is 10.9. The van der Waals surface area contributed by atoms with Crippen molar-refractivity contribution in [2.45, 2.75) is 148 Å². The summed E-state index contributed by atoms with van der Waals surface area (Å²) in [5, 5.41) is 8.61. The molecule has 196 valence electrons. The molecule has 0 aromatic rings. The number of hydrogen-bond donors (Lipinski definition) is 1. The molecular weight excluding hydrogens is 416 g/mol. The van der Waals surface area contributed by atoms with Crippen molar-refractivity contribution in [3.63, 3.8) is 0 Å². The monoisotopic (exact) mass is 472 g/mol. The van der Waals surface area contributed by atoms with Crippen LogP contribution in [0.4, 0.5) is 0 Å². The number of carbonyl (C=O) groups is 1. The van der Waals surface area contributed by atoms with Gasteiger partial charge in [0, 0.05) is 6.42 Å². The third-order valence-corrected chi connectivity index (χ3v) is 6.23. The number of rotatable bonds is 26. The molecule has 0 saturated heterocycles. The van der Waals surface area contributed by atoms with E-state index in [2.05, 4.69) is 55.5 Å².